The summed E-state index contributed by atoms with van der Waals surface area (Å²) in [7, 11) is 0. The number of nitrogens with zero attached hydrogens (tertiary/aromatic N) is 3. The number of nitrogens with one attached hydrogen (secondary N) is 1. The van der Waals surface area contributed by atoms with Crippen molar-refractivity contribution >= 4 is 33.7 Å². The molecule has 7 heteroatoms. The lowest BCUT2D eigenvalue weighted by Gasteiger charge is -2.17. The Bertz CT molecular complexity index is 1070. The van der Waals surface area contributed by atoms with Gasteiger partial charge in [-0.2, -0.15) is 5.10 Å². The maximum Gasteiger partial charge on any atom is 0.262 e. The number of hydrogen-bond donors (Lipinski definition) is 1. The maximum absolute atomic E-state index is 12.9. The molecule has 0 spiro atoms. The molecule has 1 atom stereocenters. The molecule has 3 aromatic rings. The standard InChI is InChI=1S/C20H20N4O2S/c1-13-7-8-15-16(9-13)27-19-18(15)20(26)24(12-21-19)11-17(25)23-22-10-14-5-3-2-4-6-14/h2-6,10,12-13H,7-9,11H2,1H3,(H,23,25)/b22-10+. The van der Waals surface area contributed by atoms with Crippen LogP contribution in [0.4, 0.5) is 0 Å². The molecule has 0 radical (unpaired) electrons. The number of thiophene rings is 1. The fourth-order valence-electron chi connectivity index (χ4n) is 3.39. The molecule has 1 aromatic carbocycles. The molecule has 4 rings (SSSR count). The van der Waals surface area contributed by atoms with Gasteiger partial charge in [0.1, 0.15) is 11.4 Å². The SMILES string of the molecule is CC1CCc2c(sc3ncn(CC(=O)N/N=C/c4ccccc4)c(=O)c23)C1. The molecule has 1 unspecified atom stereocenters. The molecule has 2 aromatic heterocycles. The predicted molar refractivity (Wildman–Crippen MR) is 107 cm³/mol. The number of hydrazone groups is 1. The molecule has 27 heavy (non-hydrogen) atoms. The van der Waals surface area contributed by atoms with E-state index in [1.807, 2.05) is 30.3 Å². The van der Waals surface area contributed by atoms with Crippen LogP contribution in [-0.4, -0.2) is 21.7 Å². The number of aryl methyl sites for hydroxylation is 1. The highest BCUT2D eigenvalue weighted by molar-refractivity contribution is 7.18. The van der Waals surface area contributed by atoms with Gasteiger partial charge in [-0.05, 0) is 36.3 Å². The third-order valence-electron chi connectivity index (χ3n) is 4.80. The van der Waals surface area contributed by atoms with E-state index in [-0.39, 0.29) is 18.0 Å². The van der Waals surface area contributed by atoms with E-state index in [0.29, 0.717) is 11.3 Å². The fraction of sp³-hybridized carbons (Fsp3) is 0.300. The first kappa shape index (κ1) is 17.6. The number of rotatable bonds is 4. The van der Waals surface area contributed by atoms with Crippen LogP contribution in [0.1, 0.15) is 29.3 Å². The van der Waals surface area contributed by atoms with Gasteiger partial charge in [0, 0.05) is 4.88 Å². The first-order valence-corrected chi connectivity index (χ1v) is 9.80. The molecule has 0 fully saturated rings. The molecule has 2 heterocycles. The summed E-state index contributed by atoms with van der Waals surface area (Å²) in [5, 5.41) is 4.63. The van der Waals surface area contributed by atoms with E-state index in [1.54, 1.807) is 17.6 Å². The van der Waals surface area contributed by atoms with Gasteiger partial charge in [-0.3, -0.25) is 14.2 Å². The van der Waals surface area contributed by atoms with E-state index in [9.17, 15) is 9.59 Å². The topological polar surface area (TPSA) is 76.3 Å². The quantitative estimate of drug-likeness (QED) is 0.558. The second-order valence-corrected chi connectivity index (χ2v) is 8.00. The molecule has 138 valence electrons. The van der Waals surface area contributed by atoms with E-state index < -0.39 is 0 Å². The van der Waals surface area contributed by atoms with Crippen LogP contribution in [0, 0.1) is 5.92 Å². The van der Waals surface area contributed by atoms with Crippen LogP contribution in [-0.2, 0) is 24.2 Å². The third kappa shape index (κ3) is 3.68. The monoisotopic (exact) mass is 380 g/mol. The van der Waals surface area contributed by atoms with Crippen molar-refractivity contribution in [3.05, 3.63) is 63.0 Å². The zero-order valence-corrected chi connectivity index (χ0v) is 15.8. The van der Waals surface area contributed by atoms with Gasteiger partial charge in [0.15, 0.2) is 0 Å². The Morgan fingerprint density at radius 1 is 1.41 bits per heavy atom. The van der Waals surface area contributed by atoms with Gasteiger partial charge in [-0.1, -0.05) is 37.3 Å². The summed E-state index contributed by atoms with van der Waals surface area (Å²) in [5.74, 6) is 0.282. The molecule has 1 N–H and O–H groups in total. The van der Waals surface area contributed by atoms with Crippen molar-refractivity contribution in [3.63, 3.8) is 0 Å². The van der Waals surface area contributed by atoms with Crippen LogP contribution in [0.25, 0.3) is 10.2 Å². The second kappa shape index (κ2) is 7.44. The average Bonchev–Trinajstić information content (AvgIpc) is 3.03. The van der Waals surface area contributed by atoms with E-state index in [4.69, 9.17) is 0 Å². The van der Waals surface area contributed by atoms with Gasteiger partial charge in [0.25, 0.3) is 11.5 Å². The molecule has 1 aliphatic rings. The minimum absolute atomic E-state index is 0.102. The van der Waals surface area contributed by atoms with Gasteiger partial charge < -0.3 is 0 Å². The molecule has 0 bridgehead atoms. The molecule has 0 aliphatic heterocycles. The van der Waals surface area contributed by atoms with Crippen LogP contribution >= 0.6 is 11.3 Å². The number of benzene rings is 1. The largest absolute Gasteiger partial charge is 0.289 e. The first-order chi connectivity index (χ1) is 13.1. The van der Waals surface area contributed by atoms with E-state index in [0.717, 1.165) is 35.2 Å². The van der Waals surface area contributed by atoms with Crippen LogP contribution in [0.5, 0.6) is 0 Å². The lowest BCUT2D eigenvalue weighted by atomic mass is 9.89. The molecular formula is C20H20N4O2S. The average molecular weight is 380 g/mol. The van der Waals surface area contributed by atoms with Gasteiger partial charge in [0.05, 0.1) is 17.9 Å². The third-order valence-corrected chi connectivity index (χ3v) is 5.96. The van der Waals surface area contributed by atoms with Crippen molar-refractivity contribution in [2.24, 2.45) is 11.0 Å². The molecule has 1 amide bonds. The first-order valence-electron chi connectivity index (χ1n) is 8.98. The minimum atomic E-state index is -0.358. The summed E-state index contributed by atoms with van der Waals surface area (Å²) >= 11 is 1.61. The highest BCUT2D eigenvalue weighted by atomic mass is 32.1. The summed E-state index contributed by atoms with van der Waals surface area (Å²) in [6.45, 7) is 2.13. The molecule has 6 nitrogen and oxygen atoms in total. The second-order valence-electron chi connectivity index (χ2n) is 6.91. The number of hydrogen-bond acceptors (Lipinski definition) is 5. The van der Waals surface area contributed by atoms with Crippen molar-refractivity contribution in [3.8, 4) is 0 Å². The Balaban J connectivity index is 1.52. The molecule has 0 saturated heterocycles. The van der Waals surface area contributed by atoms with E-state index in [1.165, 1.54) is 15.8 Å². The van der Waals surface area contributed by atoms with Crippen LogP contribution < -0.4 is 11.0 Å². The van der Waals surface area contributed by atoms with Crippen molar-refractivity contribution in [2.75, 3.05) is 0 Å². The number of aromatic nitrogens is 2. The Hall–Kier alpha value is -2.80. The Morgan fingerprint density at radius 2 is 2.22 bits per heavy atom. The lowest BCUT2D eigenvalue weighted by molar-refractivity contribution is -0.121. The molecular weight excluding hydrogens is 360 g/mol. The van der Waals surface area contributed by atoms with Crippen molar-refractivity contribution in [2.45, 2.75) is 32.7 Å². The summed E-state index contributed by atoms with van der Waals surface area (Å²) in [4.78, 5) is 31.5. The fourth-order valence-corrected chi connectivity index (χ4v) is 4.73. The lowest BCUT2D eigenvalue weighted by Crippen LogP contribution is -2.30. The smallest absolute Gasteiger partial charge is 0.262 e. The van der Waals surface area contributed by atoms with Crippen LogP contribution in [0.2, 0.25) is 0 Å². The summed E-state index contributed by atoms with van der Waals surface area (Å²) in [6, 6.07) is 9.48. The summed E-state index contributed by atoms with van der Waals surface area (Å²) in [6.07, 6.45) is 6.02. The Kier molecular flexibility index (Phi) is 4.85. The van der Waals surface area contributed by atoms with Crippen molar-refractivity contribution in [1.82, 2.24) is 15.0 Å². The van der Waals surface area contributed by atoms with E-state index >= 15 is 0 Å². The van der Waals surface area contributed by atoms with Crippen molar-refractivity contribution < 1.29 is 4.79 Å². The Labute approximate surface area is 160 Å². The van der Waals surface area contributed by atoms with Gasteiger partial charge >= 0.3 is 0 Å². The summed E-state index contributed by atoms with van der Waals surface area (Å²) < 4.78 is 1.36. The number of carbonyl (C=O) groups is 1. The number of fused-ring (bicyclic) bond motifs is 3. The number of amides is 1. The normalized spacial score (nSPS) is 16.6. The van der Waals surface area contributed by atoms with Crippen LogP contribution in [0.15, 0.2) is 46.6 Å². The van der Waals surface area contributed by atoms with Crippen LogP contribution in [0.3, 0.4) is 0 Å². The zero-order chi connectivity index (χ0) is 18.8. The van der Waals surface area contributed by atoms with Gasteiger partial charge in [-0.25, -0.2) is 10.4 Å². The highest BCUT2D eigenvalue weighted by Crippen LogP contribution is 2.35. The minimum Gasteiger partial charge on any atom is -0.289 e. The van der Waals surface area contributed by atoms with Gasteiger partial charge in [0.2, 0.25) is 0 Å². The van der Waals surface area contributed by atoms with Gasteiger partial charge in [-0.15, -0.1) is 11.3 Å². The maximum atomic E-state index is 12.9. The molecule has 1 aliphatic carbocycles. The zero-order valence-electron chi connectivity index (χ0n) is 15.0. The Morgan fingerprint density at radius 3 is 3.04 bits per heavy atom. The number of carbonyl (C=O) groups excluding carboxylic acids is 1. The van der Waals surface area contributed by atoms with Crippen molar-refractivity contribution in [1.29, 1.82) is 0 Å². The van der Waals surface area contributed by atoms with E-state index in [2.05, 4.69) is 22.4 Å². The summed E-state index contributed by atoms with van der Waals surface area (Å²) in [5.41, 5.74) is 4.33. The highest BCUT2D eigenvalue weighted by Gasteiger charge is 2.23. The molecule has 0 saturated carbocycles. The predicted octanol–water partition coefficient (Wildman–Crippen LogP) is 2.73.